The van der Waals surface area contributed by atoms with E-state index in [2.05, 4.69) is 31.2 Å². The van der Waals surface area contributed by atoms with Crippen molar-refractivity contribution in [3.63, 3.8) is 0 Å². The first kappa shape index (κ1) is 15.5. The van der Waals surface area contributed by atoms with E-state index in [1.54, 1.807) is 12.1 Å². The smallest absolute Gasteiger partial charge is 0.312 e. The topological polar surface area (TPSA) is 90.2 Å². The first-order valence-electron chi connectivity index (χ1n) is 5.90. The fraction of sp³-hybridized carbons (Fsp3) is 0.167. The summed E-state index contributed by atoms with van der Waals surface area (Å²) >= 11 is 9.18. The van der Waals surface area contributed by atoms with E-state index >= 15 is 0 Å². The highest BCUT2D eigenvalue weighted by atomic mass is 79.9. The number of nitro groups is 1. The molecule has 9 heteroatoms. The van der Waals surface area contributed by atoms with Crippen molar-refractivity contribution in [1.29, 1.82) is 0 Å². The molecule has 2 rings (SSSR count). The van der Waals surface area contributed by atoms with Gasteiger partial charge in [-0.05, 0) is 28.9 Å². The van der Waals surface area contributed by atoms with Crippen molar-refractivity contribution in [3.8, 4) is 11.6 Å². The van der Waals surface area contributed by atoms with Gasteiger partial charge in [0.1, 0.15) is 5.02 Å². The van der Waals surface area contributed by atoms with Crippen LogP contribution in [-0.4, -0.2) is 21.4 Å². The first-order chi connectivity index (χ1) is 10.0. The zero-order valence-electron chi connectivity index (χ0n) is 10.8. The summed E-state index contributed by atoms with van der Waals surface area (Å²) in [5.41, 5.74) is -0.191. The van der Waals surface area contributed by atoms with Crippen LogP contribution in [0.1, 0.15) is 6.92 Å². The second kappa shape index (κ2) is 6.68. The molecule has 1 N–H and O–H groups in total. The molecule has 7 nitrogen and oxygen atoms in total. The van der Waals surface area contributed by atoms with E-state index in [-0.39, 0.29) is 22.3 Å². The van der Waals surface area contributed by atoms with Crippen LogP contribution in [0.3, 0.4) is 0 Å². The van der Waals surface area contributed by atoms with Gasteiger partial charge in [0, 0.05) is 12.6 Å². The lowest BCUT2D eigenvalue weighted by atomic mass is 10.3. The summed E-state index contributed by atoms with van der Waals surface area (Å²) in [4.78, 5) is 18.6. The molecule has 0 radical (unpaired) electrons. The van der Waals surface area contributed by atoms with Crippen molar-refractivity contribution in [3.05, 3.63) is 44.0 Å². The normalized spacial score (nSPS) is 10.2. The van der Waals surface area contributed by atoms with Gasteiger partial charge < -0.3 is 10.1 Å². The summed E-state index contributed by atoms with van der Waals surface area (Å²) < 4.78 is 5.93. The Hall–Kier alpha value is -1.93. The molecule has 0 atom stereocenters. The molecule has 0 bridgehead atoms. The molecule has 0 spiro atoms. The average molecular weight is 374 g/mol. The maximum atomic E-state index is 11.0. The molecule has 0 aliphatic rings. The van der Waals surface area contributed by atoms with Gasteiger partial charge in [-0.2, -0.15) is 4.98 Å². The third-order valence-electron chi connectivity index (χ3n) is 2.39. The Labute approximate surface area is 133 Å². The minimum atomic E-state index is -0.541. The summed E-state index contributed by atoms with van der Waals surface area (Å²) in [6.07, 6.45) is 1.37. The summed E-state index contributed by atoms with van der Waals surface area (Å²) in [7, 11) is 0. The second-order valence-electron chi connectivity index (χ2n) is 3.82. The third-order valence-corrected chi connectivity index (χ3v) is 3.27. The lowest BCUT2D eigenvalue weighted by Crippen LogP contribution is -2.03. The molecule has 0 aliphatic carbocycles. The van der Waals surface area contributed by atoms with Gasteiger partial charge in [-0.3, -0.25) is 10.1 Å². The van der Waals surface area contributed by atoms with Crippen molar-refractivity contribution >= 4 is 39.2 Å². The van der Waals surface area contributed by atoms with Crippen molar-refractivity contribution in [2.24, 2.45) is 0 Å². The number of hydrogen-bond acceptors (Lipinski definition) is 6. The second-order valence-corrected chi connectivity index (χ2v) is 5.09. The molecular weight excluding hydrogens is 364 g/mol. The van der Waals surface area contributed by atoms with Gasteiger partial charge in [-0.25, -0.2) is 4.98 Å². The quantitative estimate of drug-likeness (QED) is 0.628. The van der Waals surface area contributed by atoms with Gasteiger partial charge >= 0.3 is 5.69 Å². The van der Waals surface area contributed by atoms with Gasteiger partial charge in [0.25, 0.3) is 0 Å². The van der Waals surface area contributed by atoms with E-state index in [1.165, 1.54) is 12.3 Å². The van der Waals surface area contributed by atoms with Crippen molar-refractivity contribution in [2.75, 3.05) is 11.9 Å². The SMILES string of the molecule is CCNc1ncc(Cl)c(Oc2c(Br)cccc2[N+](=O)[O-])n1. The monoisotopic (exact) mass is 372 g/mol. The number of hydrogen-bond donors (Lipinski definition) is 1. The van der Waals surface area contributed by atoms with E-state index < -0.39 is 4.92 Å². The highest BCUT2D eigenvalue weighted by Crippen LogP contribution is 2.39. The number of ether oxygens (including phenoxy) is 1. The fourth-order valence-corrected chi connectivity index (χ4v) is 2.07. The molecule has 1 aromatic heterocycles. The Morgan fingerprint density at radius 3 is 2.95 bits per heavy atom. The Morgan fingerprint density at radius 2 is 2.29 bits per heavy atom. The average Bonchev–Trinajstić information content (AvgIpc) is 2.44. The molecule has 110 valence electrons. The Kier molecular flexibility index (Phi) is 4.92. The zero-order chi connectivity index (χ0) is 15.4. The maximum Gasteiger partial charge on any atom is 0.312 e. The van der Waals surface area contributed by atoms with Crippen LogP contribution in [0.4, 0.5) is 11.6 Å². The zero-order valence-corrected chi connectivity index (χ0v) is 13.2. The van der Waals surface area contributed by atoms with E-state index in [9.17, 15) is 10.1 Å². The minimum absolute atomic E-state index is 0.0329. The molecule has 0 saturated carbocycles. The molecule has 0 saturated heterocycles. The predicted molar refractivity (Wildman–Crippen MR) is 82.1 cm³/mol. The van der Waals surface area contributed by atoms with Crippen LogP contribution in [0.2, 0.25) is 5.02 Å². The predicted octanol–water partition coefficient (Wildman–Crippen LogP) is 4.02. The Balaban J connectivity index is 2.42. The Bertz CT molecular complexity index is 684. The number of halogens is 2. The minimum Gasteiger partial charge on any atom is -0.429 e. The van der Waals surface area contributed by atoms with Crippen LogP contribution in [0, 0.1) is 10.1 Å². The highest BCUT2D eigenvalue weighted by molar-refractivity contribution is 9.10. The molecule has 0 aliphatic heterocycles. The lowest BCUT2D eigenvalue weighted by molar-refractivity contribution is -0.385. The molecule has 0 amide bonds. The van der Waals surface area contributed by atoms with Crippen LogP contribution >= 0.6 is 27.5 Å². The molecule has 1 heterocycles. The number of benzene rings is 1. The van der Waals surface area contributed by atoms with Crippen LogP contribution < -0.4 is 10.1 Å². The summed E-state index contributed by atoms with van der Waals surface area (Å²) in [5, 5.41) is 14.1. The summed E-state index contributed by atoms with van der Waals surface area (Å²) in [6.45, 7) is 2.51. The van der Waals surface area contributed by atoms with E-state index in [4.69, 9.17) is 16.3 Å². The molecule has 2 aromatic rings. The van der Waals surface area contributed by atoms with Gasteiger partial charge in [-0.1, -0.05) is 17.7 Å². The van der Waals surface area contributed by atoms with Crippen LogP contribution in [-0.2, 0) is 0 Å². The Morgan fingerprint density at radius 1 is 1.52 bits per heavy atom. The van der Waals surface area contributed by atoms with E-state index in [0.717, 1.165) is 0 Å². The van der Waals surface area contributed by atoms with Crippen molar-refractivity contribution < 1.29 is 9.66 Å². The van der Waals surface area contributed by atoms with Crippen molar-refractivity contribution in [2.45, 2.75) is 6.92 Å². The van der Waals surface area contributed by atoms with Gasteiger partial charge in [-0.15, -0.1) is 0 Å². The largest absolute Gasteiger partial charge is 0.429 e. The summed E-state index contributed by atoms with van der Waals surface area (Å²) in [5.74, 6) is 0.398. The number of para-hydroxylation sites is 1. The first-order valence-corrected chi connectivity index (χ1v) is 7.07. The fourth-order valence-electron chi connectivity index (χ4n) is 1.51. The lowest BCUT2D eigenvalue weighted by Gasteiger charge is -2.09. The third kappa shape index (κ3) is 3.59. The molecular formula is C12H10BrClN4O3. The van der Waals surface area contributed by atoms with Gasteiger partial charge in [0.05, 0.1) is 15.6 Å². The van der Waals surface area contributed by atoms with Crippen LogP contribution in [0.15, 0.2) is 28.9 Å². The van der Waals surface area contributed by atoms with Crippen LogP contribution in [0.5, 0.6) is 11.6 Å². The van der Waals surface area contributed by atoms with E-state index in [0.29, 0.717) is 17.0 Å². The summed E-state index contributed by atoms with van der Waals surface area (Å²) in [6, 6.07) is 4.50. The van der Waals surface area contributed by atoms with Crippen LogP contribution in [0.25, 0.3) is 0 Å². The standard InChI is InChI=1S/C12H10BrClN4O3/c1-2-15-12-16-6-8(14)11(17-12)21-10-7(13)4-3-5-9(10)18(19)20/h3-6H,2H2,1H3,(H,15,16,17). The number of rotatable bonds is 5. The molecule has 1 aromatic carbocycles. The molecule has 21 heavy (non-hydrogen) atoms. The van der Waals surface area contributed by atoms with E-state index in [1.807, 2.05) is 6.92 Å². The maximum absolute atomic E-state index is 11.0. The number of aromatic nitrogens is 2. The number of anilines is 1. The molecule has 0 fully saturated rings. The molecule has 0 unspecified atom stereocenters. The van der Waals surface area contributed by atoms with Gasteiger partial charge in [0.2, 0.25) is 17.6 Å². The number of nitrogens with one attached hydrogen (secondary N) is 1. The number of nitro benzene ring substituents is 1. The number of nitrogens with zero attached hydrogens (tertiary/aromatic N) is 3. The highest BCUT2D eigenvalue weighted by Gasteiger charge is 2.20. The van der Waals surface area contributed by atoms with Crippen molar-refractivity contribution in [1.82, 2.24) is 9.97 Å². The van der Waals surface area contributed by atoms with Gasteiger partial charge in [0.15, 0.2) is 0 Å².